The summed E-state index contributed by atoms with van der Waals surface area (Å²) in [5.41, 5.74) is 1.91. The highest BCUT2D eigenvalue weighted by molar-refractivity contribution is 7.99. The van der Waals surface area contributed by atoms with Crippen LogP contribution >= 0.6 is 34.4 Å². The van der Waals surface area contributed by atoms with E-state index in [0.717, 1.165) is 40.0 Å². The molecule has 1 N–H and O–H groups in total. The molecule has 0 radical (unpaired) electrons. The number of para-hydroxylation sites is 1. The molecule has 0 unspecified atom stereocenters. The Balaban J connectivity index is 1.47. The third-order valence-electron chi connectivity index (χ3n) is 5.09. The van der Waals surface area contributed by atoms with Gasteiger partial charge in [0, 0.05) is 9.75 Å². The van der Waals surface area contributed by atoms with Gasteiger partial charge in [0.05, 0.1) is 23.4 Å². The number of carbonyl (C=O) groups excluding carboxylic acids is 1. The van der Waals surface area contributed by atoms with Crippen LogP contribution in [0.1, 0.15) is 21.7 Å². The first-order valence-electron chi connectivity index (χ1n) is 9.75. The molecule has 0 aliphatic heterocycles. The number of carbonyl (C=O) groups is 1. The van der Waals surface area contributed by atoms with Crippen LogP contribution in [0.15, 0.2) is 57.8 Å². The lowest BCUT2D eigenvalue weighted by Gasteiger charge is -2.12. The lowest BCUT2D eigenvalue weighted by atomic mass is 10.2. The van der Waals surface area contributed by atoms with Crippen LogP contribution in [-0.4, -0.2) is 21.2 Å². The molecule has 30 heavy (non-hydrogen) atoms. The Labute approximate surface area is 185 Å². The average Bonchev–Trinajstić information content (AvgIpc) is 3.48. The molecule has 3 aromatic heterocycles. The molecule has 5 rings (SSSR count). The second-order valence-corrected chi connectivity index (χ2v) is 10.1. The monoisotopic (exact) mass is 453 g/mol. The van der Waals surface area contributed by atoms with E-state index in [1.54, 1.807) is 27.2 Å². The molecule has 0 spiro atoms. The minimum absolute atomic E-state index is 0.0351. The highest BCUT2D eigenvalue weighted by atomic mass is 32.2. The maximum absolute atomic E-state index is 13.5. The van der Waals surface area contributed by atoms with Crippen molar-refractivity contribution in [2.45, 2.75) is 31.0 Å². The van der Waals surface area contributed by atoms with Gasteiger partial charge in [-0.05, 0) is 48.4 Å². The number of fused-ring (bicyclic) bond motifs is 3. The molecule has 1 amide bonds. The van der Waals surface area contributed by atoms with Gasteiger partial charge < -0.3 is 5.32 Å². The molecule has 4 aromatic rings. The number of thioether (sulfide) groups is 1. The van der Waals surface area contributed by atoms with Crippen LogP contribution in [-0.2, 0) is 24.2 Å². The number of nitrogens with zero attached hydrogens (tertiary/aromatic N) is 2. The summed E-state index contributed by atoms with van der Waals surface area (Å²) >= 11 is 4.55. The number of thiophene rings is 2. The van der Waals surface area contributed by atoms with Crippen LogP contribution < -0.4 is 10.9 Å². The number of amides is 1. The van der Waals surface area contributed by atoms with Crippen molar-refractivity contribution in [1.82, 2.24) is 14.9 Å². The number of benzene rings is 1. The number of rotatable bonds is 6. The predicted octanol–water partition coefficient (Wildman–Crippen LogP) is 4.41. The Hall–Kier alpha value is -2.42. The topological polar surface area (TPSA) is 64.0 Å². The summed E-state index contributed by atoms with van der Waals surface area (Å²) in [6.07, 6.45) is 3.07. The van der Waals surface area contributed by atoms with Crippen LogP contribution in [0.4, 0.5) is 0 Å². The molecule has 8 heteroatoms. The van der Waals surface area contributed by atoms with Crippen molar-refractivity contribution in [3.8, 4) is 5.69 Å². The van der Waals surface area contributed by atoms with E-state index in [0.29, 0.717) is 11.7 Å². The van der Waals surface area contributed by atoms with Crippen molar-refractivity contribution < 1.29 is 4.79 Å². The maximum atomic E-state index is 13.5. The first kappa shape index (κ1) is 19.5. The summed E-state index contributed by atoms with van der Waals surface area (Å²) in [4.78, 5) is 33.9. The number of nitrogens with one attached hydrogen (secondary N) is 1. The highest BCUT2D eigenvalue weighted by Crippen LogP contribution is 2.36. The van der Waals surface area contributed by atoms with Gasteiger partial charge >= 0.3 is 0 Å². The van der Waals surface area contributed by atoms with E-state index in [1.807, 2.05) is 47.8 Å². The fourth-order valence-corrected chi connectivity index (χ4v) is 6.50. The zero-order chi connectivity index (χ0) is 20.5. The lowest BCUT2D eigenvalue weighted by molar-refractivity contribution is -0.118. The van der Waals surface area contributed by atoms with Gasteiger partial charge in [-0.1, -0.05) is 36.0 Å². The third-order valence-corrected chi connectivity index (χ3v) is 8.10. The molecule has 152 valence electrons. The SMILES string of the molecule is O=C(CSc1nc2sc3c(c2c(=O)n1-c1ccccc1)CCC3)NCc1cccs1. The van der Waals surface area contributed by atoms with Gasteiger partial charge in [-0.2, -0.15) is 0 Å². The van der Waals surface area contributed by atoms with E-state index in [4.69, 9.17) is 4.98 Å². The Morgan fingerprint density at radius 2 is 2.03 bits per heavy atom. The fourth-order valence-electron chi connectivity index (χ4n) is 3.71. The van der Waals surface area contributed by atoms with E-state index in [-0.39, 0.29) is 17.2 Å². The third kappa shape index (κ3) is 3.71. The first-order chi connectivity index (χ1) is 14.7. The minimum atomic E-state index is -0.0731. The van der Waals surface area contributed by atoms with Gasteiger partial charge in [-0.25, -0.2) is 4.98 Å². The van der Waals surface area contributed by atoms with E-state index >= 15 is 0 Å². The average molecular weight is 454 g/mol. The van der Waals surface area contributed by atoms with Crippen molar-refractivity contribution in [2.75, 3.05) is 5.75 Å². The van der Waals surface area contributed by atoms with Gasteiger partial charge in [-0.15, -0.1) is 22.7 Å². The minimum Gasteiger partial charge on any atom is -0.350 e. The van der Waals surface area contributed by atoms with Crippen LogP contribution in [0, 0.1) is 0 Å². The summed E-state index contributed by atoms with van der Waals surface area (Å²) in [6, 6.07) is 13.5. The zero-order valence-corrected chi connectivity index (χ0v) is 18.5. The van der Waals surface area contributed by atoms with E-state index < -0.39 is 0 Å². The van der Waals surface area contributed by atoms with Crippen LogP contribution in [0.3, 0.4) is 0 Å². The Bertz CT molecular complexity index is 1260. The molecule has 1 aliphatic rings. The summed E-state index contributed by atoms with van der Waals surface area (Å²) in [6.45, 7) is 0.520. The summed E-state index contributed by atoms with van der Waals surface area (Å²) in [5, 5.41) is 6.24. The number of hydrogen-bond donors (Lipinski definition) is 1. The van der Waals surface area contributed by atoms with Crippen molar-refractivity contribution in [2.24, 2.45) is 0 Å². The van der Waals surface area contributed by atoms with Gasteiger partial charge in [0.25, 0.3) is 5.56 Å². The van der Waals surface area contributed by atoms with Crippen molar-refractivity contribution in [1.29, 1.82) is 0 Å². The largest absolute Gasteiger partial charge is 0.350 e. The van der Waals surface area contributed by atoms with E-state index in [9.17, 15) is 9.59 Å². The molecule has 0 bridgehead atoms. The standard InChI is InChI=1S/C22H19N3O2S3/c26-18(23-12-15-8-5-11-28-15)13-29-22-24-20-19(16-9-4-10-17(16)30-20)21(27)25(22)14-6-2-1-3-7-14/h1-3,5-8,11H,4,9-10,12-13H2,(H,23,26). The first-order valence-corrected chi connectivity index (χ1v) is 12.4. The molecule has 1 aromatic carbocycles. The van der Waals surface area contributed by atoms with Gasteiger partial charge in [-0.3, -0.25) is 14.2 Å². The molecule has 5 nitrogen and oxygen atoms in total. The maximum Gasteiger partial charge on any atom is 0.267 e. The molecule has 0 saturated heterocycles. The van der Waals surface area contributed by atoms with Crippen LogP contribution in [0.2, 0.25) is 0 Å². The number of aromatic nitrogens is 2. The van der Waals surface area contributed by atoms with Gasteiger partial charge in [0.15, 0.2) is 5.16 Å². The smallest absolute Gasteiger partial charge is 0.267 e. The summed E-state index contributed by atoms with van der Waals surface area (Å²) in [5.74, 6) is 0.136. The summed E-state index contributed by atoms with van der Waals surface area (Å²) in [7, 11) is 0. The lowest BCUT2D eigenvalue weighted by Crippen LogP contribution is -2.26. The predicted molar refractivity (Wildman–Crippen MR) is 124 cm³/mol. The Morgan fingerprint density at radius 1 is 1.17 bits per heavy atom. The second kappa shape index (κ2) is 8.37. The van der Waals surface area contributed by atoms with Crippen LogP contribution in [0.5, 0.6) is 0 Å². The molecule has 0 saturated carbocycles. The van der Waals surface area contributed by atoms with Crippen LogP contribution in [0.25, 0.3) is 15.9 Å². The fraction of sp³-hybridized carbons (Fsp3) is 0.227. The molecule has 0 fully saturated rings. The normalized spacial score (nSPS) is 12.9. The Kier molecular flexibility index (Phi) is 5.45. The van der Waals surface area contributed by atoms with Gasteiger partial charge in [0.1, 0.15) is 4.83 Å². The zero-order valence-electron chi connectivity index (χ0n) is 16.1. The quantitative estimate of drug-likeness (QED) is 0.347. The highest BCUT2D eigenvalue weighted by Gasteiger charge is 2.24. The van der Waals surface area contributed by atoms with Crippen molar-refractivity contribution in [3.05, 3.63) is 73.5 Å². The van der Waals surface area contributed by atoms with E-state index in [1.165, 1.54) is 22.2 Å². The molecule has 3 heterocycles. The molecule has 1 aliphatic carbocycles. The van der Waals surface area contributed by atoms with E-state index in [2.05, 4.69) is 5.32 Å². The van der Waals surface area contributed by atoms with Gasteiger partial charge in [0.2, 0.25) is 5.91 Å². The molecular weight excluding hydrogens is 434 g/mol. The second-order valence-electron chi connectivity index (χ2n) is 7.05. The molecule has 0 atom stereocenters. The Morgan fingerprint density at radius 3 is 2.83 bits per heavy atom. The van der Waals surface area contributed by atoms with Crippen molar-refractivity contribution in [3.63, 3.8) is 0 Å². The van der Waals surface area contributed by atoms with Crippen molar-refractivity contribution >= 4 is 50.6 Å². The molecular formula is C22H19N3O2S3. The number of hydrogen-bond acceptors (Lipinski definition) is 6. The summed E-state index contributed by atoms with van der Waals surface area (Å²) < 4.78 is 1.66. The number of aryl methyl sites for hydroxylation is 2.